The van der Waals surface area contributed by atoms with Gasteiger partial charge >= 0.3 is 0 Å². The highest BCUT2D eigenvalue weighted by molar-refractivity contribution is 8.03. The quantitative estimate of drug-likeness (QED) is 0.486. The van der Waals surface area contributed by atoms with Gasteiger partial charge in [-0.05, 0) is 35.5 Å². The predicted molar refractivity (Wildman–Crippen MR) is 104 cm³/mol. The highest BCUT2D eigenvalue weighted by Gasteiger charge is 2.24. The van der Waals surface area contributed by atoms with Crippen molar-refractivity contribution in [3.05, 3.63) is 99.5 Å². The van der Waals surface area contributed by atoms with E-state index in [0.717, 1.165) is 27.3 Å². The van der Waals surface area contributed by atoms with Crippen molar-refractivity contribution in [1.29, 1.82) is 0 Å². The lowest BCUT2D eigenvalue weighted by Crippen LogP contribution is -2.12. The van der Waals surface area contributed by atoms with Crippen molar-refractivity contribution in [3.63, 3.8) is 0 Å². The number of hydrogen-bond acceptors (Lipinski definition) is 5. The lowest BCUT2D eigenvalue weighted by molar-refractivity contribution is 0.475. The summed E-state index contributed by atoms with van der Waals surface area (Å²) in [5, 5.41) is 13.7. The molecule has 0 radical (unpaired) electrons. The third-order valence-electron chi connectivity index (χ3n) is 3.97. The minimum absolute atomic E-state index is 0.182. The van der Waals surface area contributed by atoms with Gasteiger partial charge in [-0.25, -0.2) is 4.98 Å². The number of aromatic amines is 1. The number of fused-ring (bicyclic) bond motifs is 1. The molecule has 1 aromatic heterocycles. The summed E-state index contributed by atoms with van der Waals surface area (Å²) in [5.41, 5.74) is 4.14. The van der Waals surface area contributed by atoms with Gasteiger partial charge in [0.15, 0.2) is 5.16 Å². The molecule has 0 saturated heterocycles. The number of aromatic hydroxyl groups is 1. The zero-order chi connectivity index (χ0) is 18.1. The van der Waals surface area contributed by atoms with Crippen molar-refractivity contribution in [2.75, 3.05) is 5.32 Å². The Morgan fingerprint density at radius 3 is 2.65 bits per heavy atom. The minimum Gasteiger partial charge on any atom is -0.508 e. The highest BCUT2D eigenvalue weighted by atomic mass is 32.2. The van der Waals surface area contributed by atoms with E-state index in [-0.39, 0.29) is 11.3 Å². The SMILES string of the molecule is C=C1Nc2ccc(O)cc2C(c2ccccc2)=C1Sc1nccc(=O)[nH]1. The van der Waals surface area contributed by atoms with Crippen LogP contribution in [0.1, 0.15) is 11.1 Å². The maximum absolute atomic E-state index is 11.6. The summed E-state index contributed by atoms with van der Waals surface area (Å²) in [6.45, 7) is 4.14. The third kappa shape index (κ3) is 3.02. The molecule has 0 aliphatic carbocycles. The van der Waals surface area contributed by atoms with Gasteiger partial charge in [0.2, 0.25) is 0 Å². The molecule has 0 atom stereocenters. The van der Waals surface area contributed by atoms with E-state index in [9.17, 15) is 9.90 Å². The normalized spacial score (nSPS) is 13.3. The molecule has 2 aromatic carbocycles. The molecule has 6 heteroatoms. The number of benzene rings is 2. The fourth-order valence-electron chi connectivity index (χ4n) is 2.85. The van der Waals surface area contributed by atoms with Crippen molar-refractivity contribution in [3.8, 4) is 5.75 Å². The molecule has 0 bridgehead atoms. The predicted octanol–water partition coefficient (Wildman–Crippen LogP) is 3.97. The van der Waals surface area contributed by atoms with E-state index in [1.54, 1.807) is 12.1 Å². The van der Waals surface area contributed by atoms with E-state index in [1.807, 2.05) is 36.4 Å². The molecular formula is C20H15N3O2S. The first-order valence-corrected chi connectivity index (χ1v) is 8.76. The van der Waals surface area contributed by atoms with Crippen LogP contribution in [0.4, 0.5) is 5.69 Å². The zero-order valence-corrected chi connectivity index (χ0v) is 14.5. The summed E-state index contributed by atoms with van der Waals surface area (Å²) in [6.07, 6.45) is 1.47. The van der Waals surface area contributed by atoms with E-state index < -0.39 is 0 Å². The average molecular weight is 361 g/mol. The molecule has 0 amide bonds. The third-order valence-corrected chi connectivity index (χ3v) is 5.02. The second kappa shape index (κ2) is 6.57. The van der Waals surface area contributed by atoms with Gasteiger partial charge in [0.1, 0.15) is 5.75 Å². The Morgan fingerprint density at radius 1 is 1.08 bits per heavy atom. The molecule has 0 unspecified atom stereocenters. The van der Waals surface area contributed by atoms with Crippen LogP contribution in [0, 0.1) is 0 Å². The monoisotopic (exact) mass is 361 g/mol. The molecule has 4 rings (SSSR count). The first kappa shape index (κ1) is 16.2. The molecule has 0 fully saturated rings. The second-order valence-corrected chi connectivity index (χ2v) is 6.74. The fourth-order valence-corrected chi connectivity index (χ4v) is 3.81. The first-order chi connectivity index (χ1) is 12.6. The Balaban J connectivity index is 1.95. The van der Waals surface area contributed by atoms with Crippen LogP contribution >= 0.6 is 11.8 Å². The number of anilines is 1. The average Bonchev–Trinajstić information content (AvgIpc) is 2.63. The summed E-state index contributed by atoms with van der Waals surface area (Å²) in [4.78, 5) is 19.4. The number of hydrogen-bond donors (Lipinski definition) is 3. The van der Waals surface area contributed by atoms with E-state index >= 15 is 0 Å². The van der Waals surface area contributed by atoms with Crippen molar-refractivity contribution in [2.24, 2.45) is 0 Å². The first-order valence-electron chi connectivity index (χ1n) is 7.94. The van der Waals surface area contributed by atoms with Gasteiger partial charge < -0.3 is 15.4 Å². The minimum atomic E-state index is -0.211. The molecule has 1 aliphatic rings. The van der Waals surface area contributed by atoms with Crippen LogP contribution in [-0.4, -0.2) is 15.1 Å². The molecule has 5 nitrogen and oxygen atoms in total. The van der Waals surface area contributed by atoms with Gasteiger partial charge in [0.25, 0.3) is 5.56 Å². The molecule has 0 saturated carbocycles. The van der Waals surface area contributed by atoms with Crippen LogP contribution in [0.2, 0.25) is 0 Å². The molecule has 0 spiro atoms. The van der Waals surface area contributed by atoms with Crippen molar-refractivity contribution in [2.45, 2.75) is 5.16 Å². The van der Waals surface area contributed by atoms with Crippen LogP contribution in [-0.2, 0) is 0 Å². The van der Waals surface area contributed by atoms with E-state index in [0.29, 0.717) is 10.9 Å². The number of nitrogens with zero attached hydrogens (tertiary/aromatic N) is 1. The summed E-state index contributed by atoms with van der Waals surface area (Å²) >= 11 is 1.33. The number of H-pyrrole nitrogens is 1. The summed E-state index contributed by atoms with van der Waals surface area (Å²) < 4.78 is 0. The van der Waals surface area contributed by atoms with Gasteiger partial charge in [0.05, 0.1) is 0 Å². The molecule has 2 heterocycles. The smallest absolute Gasteiger partial charge is 0.251 e. The summed E-state index contributed by atoms with van der Waals surface area (Å²) in [6, 6.07) is 16.4. The van der Waals surface area contributed by atoms with Crippen LogP contribution in [0.15, 0.2) is 87.9 Å². The maximum Gasteiger partial charge on any atom is 0.251 e. The van der Waals surface area contributed by atoms with Crippen molar-refractivity contribution < 1.29 is 5.11 Å². The number of phenols is 1. The number of thioether (sulfide) groups is 1. The van der Waals surface area contributed by atoms with Crippen LogP contribution < -0.4 is 10.9 Å². The van der Waals surface area contributed by atoms with Crippen LogP contribution in [0.25, 0.3) is 5.57 Å². The van der Waals surface area contributed by atoms with Crippen LogP contribution in [0.5, 0.6) is 5.75 Å². The van der Waals surface area contributed by atoms with E-state index in [4.69, 9.17) is 0 Å². The maximum atomic E-state index is 11.6. The molecule has 26 heavy (non-hydrogen) atoms. The summed E-state index contributed by atoms with van der Waals surface area (Å²) in [7, 11) is 0. The van der Waals surface area contributed by atoms with Crippen molar-refractivity contribution >= 4 is 23.0 Å². The van der Waals surface area contributed by atoms with Gasteiger partial charge in [-0.15, -0.1) is 0 Å². The Kier molecular flexibility index (Phi) is 4.10. The zero-order valence-electron chi connectivity index (χ0n) is 13.7. The lowest BCUT2D eigenvalue weighted by Gasteiger charge is -2.26. The summed E-state index contributed by atoms with van der Waals surface area (Å²) in [5.74, 6) is 0.182. The number of rotatable bonds is 3. The number of aromatic nitrogens is 2. The molecule has 128 valence electrons. The lowest BCUT2D eigenvalue weighted by atomic mass is 9.92. The Hall–Kier alpha value is -3.25. The van der Waals surface area contributed by atoms with Gasteiger partial charge in [-0.1, -0.05) is 36.9 Å². The van der Waals surface area contributed by atoms with Crippen LogP contribution in [0.3, 0.4) is 0 Å². The molecule has 3 N–H and O–H groups in total. The Morgan fingerprint density at radius 2 is 1.88 bits per heavy atom. The largest absolute Gasteiger partial charge is 0.508 e. The van der Waals surface area contributed by atoms with Gasteiger partial charge in [0, 0.05) is 39.7 Å². The van der Waals surface area contributed by atoms with Gasteiger partial charge in [-0.2, -0.15) is 0 Å². The number of nitrogens with one attached hydrogen (secondary N) is 2. The Bertz CT molecular complexity index is 1090. The van der Waals surface area contributed by atoms with E-state index in [2.05, 4.69) is 21.9 Å². The second-order valence-electron chi connectivity index (χ2n) is 5.74. The standard InChI is InChI=1S/C20H15N3O2S/c1-12-19(26-20-21-10-9-17(25)23-20)18(13-5-3-2-4-6-13)15-11-14(24)7-8-16(15)22-12/h2-11,22,24H,1H2,(H,21,23,25). The molecular weight excluding hydrogens is 346 g/mol. The topological polar surface area (TPSA) is 78.0 Å². The molecule has 1 aliphatic heterocycles. The van der Waals surface area contributed by atoms with Crippen molar-refractivity contribution in [1.82, 2.24) is 9.97 Å². The molecule has 3 aromatic rings. The highest BCUT2D eigenvalue weighted by Crippen LogP contribution is 2.45. The van der Waals surface area contributed by atoms with E-state index in [1.165, 1.54) is 24.0 Å². The number of phenolic OH excluding ortho intramolecular Hbond substituents is 1. The Labute approximate surface area is 154 Å². The van der Waals surface area contributed by atoms with Gasteiger partial charge in [-0.3, -0.25) is 4.79 Å². The fraction of sp³-hybridized carbons (Fsp3) is 0.